The average Bonchev–Trinajstić information content (AvgIpc) is 3.23. The van der Waals surface area contributed by atoms with Gasteiger partial charge in [-0.05, 0) is 12.5 Å². The molecule has 2 N–H and O–H groups in total. The van der Waals surface area contributed by atoms with Crippen molar-refractivity contribution in [2.24, 2.45) is 7.05 Å². The SMILES string of the molecule is C=CC(=O)Nc1nc(C(=O)N2CC[C@@H](Nc3ncc(Cl)cn3)C2)cn1C. The van der Waals surface area contributed by atoms with Crippen molar-refractivity contribution in [1.82, 2.24) is 24.4 Å². The molecule has 136 valence electrons. The molecule has 1 atom stereocenters. The van der Waals surface area contributed by atoms with Gasteiger partial charge < -0.3 is 14.8 Å². The number of aryl methyl sites for hydroxylation is 1. The van der Waals surface area contributed by atoms with Gasteiger partial charge in [-0.25, -0.2) is 15.0 Å². The first kappa shape index (κ1) is 17.9. The molecule has 0 radical (unpaired) electrons. The van der Waals surface area contributed by atoms with Crippen molar-refractivity contribution in [3.63, 3.8) is 0 Å². The molecule has 10 heteroatoms. The quantitative estimate of drug-likeness (QED) is 0.763. The molecule has 0 saturated carbocycles. The lowest BCUT2D eigenvalue weighted by Crippen LogP contribution is -2.32. The highest BCUT2D eigenvalue weighted by atomic mass is 35.5. The van der Waals surface area contributed by atoms with Crippen molar-refractivity contribution in [3.05, 3.63) is 42.0 Å². The van der Waals surface area contributed by atoms with Crippen molar-refractivity contribution >= 4 is 35.3 Å². The largest absolute Gasteiger partial charge is 0.350 e. The number of anilines is 2. The van der Waals surface area contributed by atoms with Crippen molar-refractivity contribution < 1.29 is 9.59 Å². The van der Waals surface area contributed by atoms with Gasteiger partial charge in [0.25, 0.3) is 5.91 Å². The van der Waals surface area contributed by atoms with E-state index in [-0.39, 0.29) is 23.6 Å². The molecule has 26 heavy (non-hydrogen) atoms. The van der Waals surface area contributed by atoms with E-state index in [9.17, 15) is 9.59 Å². The third kappa shape index (κ3) is 3.99. The Labute approximate surface area is 155 Å². The number of amides is 2. The topological polar surface area (TPSA) is 105 Å². The number of carbonyl (C=O) groups excluding carboxylic acids is 2. The van der Waals surface area contributed by atoms with Crippen LogP contribution in [0.3, 0.4) is 0 Å². The number of carbonyl (C=O) groups is 2. The Kier molecular flexibility index (Phi) is 5.17. The molecule has 1 aliphatic heterocycles. The summed E-state index contributed by atoms with van der Waals surface area (Å²) in [6, 6.07) is 0.0452. The fourth-order valence-corrected chi connectivity index (χ4v) is 2.74. The minimum Gasteiger partial charge on any atom is -0.350 e. The van der Waals surface area contributed by atoms with Gasteiger partial charge in [-0.1, -0.05) is 18.2 Å². The second-order valence-electron chi connectivity index (χ2n) is 5.86. The molecule has 2 aromatic rings. The van der Waals surface area contributed by atoms with Crippen LogP contribution in [0.25, 0.3) is 0 Å². The molecule has 1 aliphatic rings. The van der Waals surface area contributed by atoms with Crippen LogP contribution in [0.15, 0.2) is 31.2 Å². The highest BCUT2D eigenvalue weighted by Gasteiger charge is 2.29. The molecule has 2 amide bonds. The predicted octanol–water partition coefficient (Wildman–Crippen LogP) is 1.31. The maximum atomic E-state index is 12.7. The monoisotopic (exact) mass is 375 g/mol. The summed E-state index contributed by atoms with van der Waals surface area (Å²) in [6.07, 6.45) is 6.53. The van der Waals surface area contributed by atoms with E-state index in [0.29, 0.717) is 30.0 Å². The zero-order chi connectivity index (χ0) is 18.7. The highest BCUT2D eigenvalue weighted by molar-refractivity contribution is 6.30. The lowest BCUT2D eigenvalue weighted by molar-refractivity contribution is -0.111. The first-order valence-electron chi connectivity index (χ1n) is 7.96. The minimum absolute atomic E-state index is 0.0452. The Balaban J connectivity index is 1.62. The van der Waals surface area contributed by atoms with Crippen molar-refractivity contribution in [1.29, 1.82) is 0 Å². The molecule has 1 saturated heterocycles. The van der Waals surface area contributed by atoms with Crippen LogP contribution in [0.4, 0.5) is 11.9 Å². The molecule has 9 nitrogen and oxygen atoms in total. The molecule has 1 fully saturated rings. The number of hydrogen-bond donors (Lipinski definition) is 2. The Morgan fingerprint density at radius 2 is 2.12 bits per heavy atom. The summed E-state index contributed by atoms with van der Waals surface area (Å²) in [6.45, 7) is 4.49. The van der Waals surface area contributed by atoms with Gasteiger partial charge in [0.15, 0.2) is 0 Å². The Morgan fingerprint density at radius 1 is 1.38 bits per heavy atom. The summed E-state index contributed by atoms with van der Waals surface area (Å²) >= 11 is 5.77. The minimum atomic E-state index is -0.383. The van der Waals surface area contributed by atoms with Gasteiger partial charge in [0, 0.05) is 32.4 Å². The highest BCUT2D eigenvalue weighted by Crippen LogP contribution is 2.17. The lowest BCUT2D eigenvalue weighted by Gasteiger charge is -2.15. The zero-order valence-electron chi connectivity index (χ0n) is 14.1. The second kappa shape index (κ2) is 7.52. The molecule has 0 aromatic carbocycles. The van der Waals surface area contributed by atoms with E-state index in [0.717, 1.165) is 12.5 Å². The van der Waals surface area contributed by atoms with Crippen LogP contribution in [0.2, 0.25) is 5.02 Å². The van der Waals surface area contributed by atoms with E-state index in [2.05, 4.69) is 32.2 Å². The van der Waals surface area contributed by atoms with Gasteiger partial charge in [0.1, 0.15) is 5.69 Å². The summed E-state index contributed by atoms with van der Waals surface area (Å²) in [7, 11) is 1.70. The second-order valence-corrected chi connectivity index (χ2v) is 6.30. The number of nitrogens with one attached hydrogen (secondary N) is 2. The first-order chi connectivity index (χ1) is 12.5. The number of rotatable bonds is 5. The molecule has 0 spiro atoms. The first-order valence-corrected chi connectivity index (χ1v) is 8.34. The summed E-state index contributed by atoms with van der Waals surface area (Å²) in [5, 5.41) is 6.21. The van der Waals surface area contributed by atoms with Gasteiger partial charge in [-0.3, -0.25) is 14.9 Å². The molecule has 3 rings (SSSR count). The summed E-state index contributed by atoms with van der Waals surface area (Å²) < 4.78 is 1.59. The third-order valence-corrected chi connectivity index (χ3v) is 4.14. The number of hydrogen-bond acceptors (Lipinski definition) is 6. The average molecular weight is 376 g/mol. The molecule has 0 unspecified atom stereocenters. The number of nitrogens with zero attached hydrogens (tertiary/aromatic N) is 5. The number of halogens is 1. The molecular weight excluding hydrogens is 358 g/mol. The molecular formula is C16H18ClN7O2. The number of likely N-dealkylation sites (tertiary alicyclic amines) is 1. The van der Waals surface area contributed by atoms with Gasteiger partial charge >= 0.3 is 0 Å². The van der Waals surface area contributed by atoms with Crippen LogP contribution >= 0.6 is 11.6 Å². The third-order valence-electron chi connectivity index (χ3n) is 3.94. The molecule has 0 aliphatic carbocycles. The lowest BCUT2D eigenvalue weighted by atomic mass is 10.3. The van der Waals surface area contributed by atoms with E-state index >= 15 is 0 Å². The molecule has 0 bridgehead atoms. The smallest absolute Gasteiger partial charge is 0.274 e. The van der Waals surface area contributed by atoms with Crippen LogP contribution in [0.5, 0.6) is 0 Å². The van der Waals surface area contributed by atoms with Gasteiger partial charge in [-0.15, -0.1) is 0 Å². The summed E-state index contributed by atoms with van der Waals surface area (Å²) in [5.74, 6) is 0.190. The maximum Gasteiger partial charge on any atom is 0.274 e. The van der Waals surface area contributed by atoms with Crippen molar-refractivity contribution in [2.45, 2.75) is 12.5 Å². The van der Waals surface area contributed by atoms with Crippen LogP contribution in [-0.4, -0.2) is 55.4 Å². The van der Waals surface area contributed by atoms with Crippen molar-refractivity contribution in [3.8, 4) is 0 Å². The van der Waals surface area contributed by atoms with Crippen molar-refractivity contribution in [2.75, 3.05) is 23.7 Å². The number of aromatic nitrogens is 4. The Hall–Kier alpha value is -2.94. The van der Waals surface area contributed by atoms with Crippen LogP contribution < -0.4 is 10.6 Å². The fourth-order valence-electron chi connectivity index (χ4n) is 2.64. The Bertz CT molecular complexity index is 834. The van der Waals surface area contributed by atoms with Gasteiger partial charge in [0.05, 0.1) is 17.4 Å². The van der Waals surface area contributed by atoms with E-state index in [1.54, 1.807) is 22.7 Å². The van der Waals surface area contributed by atoms with E-state index in [1.807, 2.05) is 0 Å². The number of imidazole rings is 1. The normalized spacial score (nSPS) is 16.4. The predicted molar refractivity (Wildman–Crippen MR) is 97.0 cm³/mol. The van der Waals surface area contributed by atoms with E-state index < -0.39 is 0 Å². The van der Waals surface area contributed by atoms with E-state index in [1.165, 1.54) is 12.4 Å². The Morgan fingerprint density at radius 3 is 2.81 bits per heavy atom. The maximum absolute atomic E-state index is 12.7. The summed E-state index contributed by atoms with van der Waals surface area (Å²) in [4.78, 5) is 38.1. The molecule has 2 aromatic heterocycles. The van der Waals surface area contributed by atoms with Crippen LogP contribution in [0, 0.1) is 0 Å². The van der Waals surface area contributed by atoms with Gasteiger partial charge in [-0.2, -0.15) is 0 Å². The van der Waals surface area contributed by atoms with Crippen LogP contribution in [-0.2, 0) is 11.8 Å². The molecule has 3 heterocycles. The fraction of sp³-hybridized carbons (Fsp3) is 0.312. The standard InChI is InChI=1S/C16H18ClN7O2/c1-3-13(25)22-16-21-12(9-23(16)2)14(26)24-5-4-11(8-24)20-15-18-6-10(17)7-19-15/h3,6-7,9,11H,1,4-5,8H2,2H3,(H,18,19,20)(H,21,22,25)/t11-/m1/s1. The summed E-state index contributed by atoms with van der Waals surface area (Å²) in [5.41, 5.74) is 0.273. The van der Waals surface area contributed by atoms with E-state index in [4.69, 9.17) is 11.6 Å². The van der Waals surface area contributed by atoms with Crippen LogP contribution in [0.1, 0.15) is 16.9 Å². The van der Waals surface area contributed by atoms with Gasteiger partial charge in [0.2, 0.25) is 17.8 Å². The zero-order valence-corrected chi connectivity index (χ0v) is 14.9.